The van der Waals surface area contributed by atoms with Gasteiger partial charge in [0.1, 0.15) is 5.84 Å². The summed E-state index contributed by atoms with van der Waals surface area (Å²) >= 11 is 1.80. The van der Waals surface area contributed by atoms with E-state index in [1.165, 1.54) is 33.9 Å². The van der Waals surface area contributed by atoms with Gasteiger partial charge in [0.05, 0.1) is 10.6 Å². The molecule has 1 aromatic heterocycles. The van der Waals surface area contributed by atoms with Gasteiger partial charge in [-0.1, -0.05) is 31.2 Å². The Morgan fingerprint density at radius 2 is 2.37 bits per heavy atom. The number of aliphatic imine (C=N–C) groups is 1. The van der Waals surface area contributed by atoms with Gasteiger partial charge < -0.3 is 5.32 Å². The summed E-state index contributed by atoms with van der Waals surface area (Å²) in [5.74, 6) is 0.959. The van der Waals surface area contributed by atoms with E-state index in [4.69, 9.17) is 0 Å². The maximum Gasteiger partial charge on any atom is 0.134 e. The van der Waals surface area contributed by atoms with Crippen molar-refractivity contribution in [2.45, 2.75) is 37.5 Å². The average Bonchev–Trinajstić information content (AvgIpc) is 2.46. The lowest BCUT2D eigenvalue weighted by Crippen LogP contribution is -2.20. The molecule has 0 saturated heterocycles. The van der Waals surface area contributed by atoms with Crippen LogP contribution in [0.15, 0.2) is 33.1 Å². The standard InChI is InChI=1S/C15H21N3S/c1-4-5-6-11-9-10-18-12-7-8-13(19-14(11)12)15(16-2)17-3/h8-10H,4-7H2,1-3H3,(H,16,17). The predicted octanol–water partition coefficient (Wildman–Crippen LogP) is 3.20. The van der Waals surface area contributed by atoms with E-state index in [1.54, 1.807) is 11.8 Å². The van der Waals surface area contributed by atoms with E-state index in [1.807, 2.05) is 20.3 Å². The minimum absolute atomic E-state index is 0.901. The topological polar surface area (TPSA) is 37.3 Å². The fourth-order valence-corrected chi connectivity index (χ4v) is 3.43. The van der Waals surface area contributed by atoms with Crippen molar-refractivity contribution in [1.82, 2.24) is 10.3 Å². The van der Waals surface area contributed by atoms with Crippen molar-refractivity contribution in [1.29, 1.82) is 0 Å². The number of thioether (sulfide) groups is 1. The Balaban J connectivity index is 2.26. The summed E-state index contributed by atoms with van der Waals surface area (Å²) in [6.07, 6.45) is 8.65. The van der Waals surface area contributed by atoms with Crippen molar-refractivity contribution in [3.05, 3.63) is 34.5 Å². The number of aryl methyl sites for hydroxylation is 1. The lowest BCUT2D eigenvalue weighted by Gasteiger charge is -2.19. The van der Waals surface area contributed by atoms with E-state index >= 15 is 0 Å². The second-order valence-corrected chi connectivity index (χ2v) is 5.60. The van der Waals surface area contributed by atoms with E-state index in [0.717, 1.165) is 18.7 Å². The van der Waals surface area contributed by atoms with Crippen LogP contribution < -0.4 is 5.32 Å². The minimum atomic E-state index is 0.901. The summed E-state index contributed by atoms with van der Waals surface area (Å²) in [6, 6.07) is 2.16. The van der Waals surface area contributed by atoms with Gasteiger partial charge in [-0.25, -0.2) is 0 Å². The summed E-state index contributed by atoms with van der Waals surface area (Å²) in [4.78, 5) is 11.3. The van der Waals surface area contributed by atoms with Crippen LogP contribution in [0.25, 0.3) is 0 Å². The zero-order chi connectivity index (χ0) is 13.7. The lowest BCUT2D eigenvalue weighted by atomic mass is 10.1. The number of nitrogens with one attached hydrogen (secondary N) is 1. The van der Waals surface area contributed by atoms with Crippen LogP contribution in [-0.2, 0) is 12.8 Å². The molecule has 0 spiro atoms. The Bertz CT molecular complexity index is 506. The Hall–Kier alpha value is -1.29. The molecule has 3 nitrogen and oxygen atoms in total. The molecule has 2 rings (SSSR count). The predicted molar refractivity (Wildman–Crippen MR) is 82.9 cm³/mol. The Kier molecular flexibility index (Phi) is 5.02. The average molecular weight is 275 g/mol. The highest BCUT2D eigenvalue weighted by Gasteiger charge is 2.18. The number of hydrogen-bond donors (Lipinski definition) is 1. The van der Waals surface area contributed by atoms with Crippen molar-refractivity contribution < 1.29 is 0 Å². The van der Waals surface area contributed by atoms with Crippen LogP contribution in [0.2, 0.25) is 0 Å². The molecule has 0 atom stereocenters. The van der Waals surface area contributed by atoms with Gasteiger partial charge in [0.15, 0.2) is 0 Å². The molecule has 0 unspecified atom stereocenters. The molecule has 0 radical (unpaired) electrons. The molecule has 0 fully saturated rings. The highest BCUT2D eigenvalue weighted by Crippen LogP contribution is 2.37. The van der Waals surface area contributed by atoms with E-state index < -0.39 is 0 Å². The zero-order valence-electron chi connectivity index (χ0n) is 11.9. The van der Waals surface area contributed by atoms with Crippen LogP contribution in [0.5, 0.6) is 0 Å². The quantitative estimate of drug-likeness (QED) is 0.677. The SMILES string of the molecule is CCCCc1ccnc2c1SC(C(=NC)NC)=CC2. The molecular formula is C15H21N3S. The van der Waals surface area contributed by atoms with Crippen LogP contribution in [0.4, 0.5) is 0 Å². The van der Waals surface area contributed by atoms with Gasteiger partial charge in [-0.3, -0.25) is 9.98 Å². The molecule has 4 heteroatoms. The zero-order valence-corrected chi connectivity index (χ0v) is 12.7. The number of pyridine rings is 1. The smallest absolute Gasteiger partial charge is 0.134 e. The molecule has 0 amide bonds. The summed E-state index contributed by atoms with van der Waals surface area (Å²) in [7, 11) is 3.74. The number of nitrogens with zero attached hydrogens (tertiary/aromatic N) is 2. The molecule has 0 saturated carbocycles. The summed E-state index contributed by atoms with van der Waals surface area (Å²) in [6.45, 7) is 2.23. The van der Waals surface area contributed by atoms with E-state index in [2.05, 4.69) is 34.4 Å². The first-order valence-electron chi connectivity index (χ1n) is 6.79. The number of rotatable bonds is 4. The molecular weight excluding hydrogens is 254 g/mol. The van der Waals surface area contributed by atoms with E-state index in [9.17, 15) is 0 Å². The third kappa shape index (κ3) is 3.18. The van der Waals surface area contributed by atoms with Gasteiger partial charge in [0.2, 0.25) is 0 Å². The maximum absolute atomic E-state index is 4.51. The van der Waals surface area contributed by atoms with E-state index in [0.29, 0.717) is 0 Å². The van der Waals surface area contributed by atoms with Crippen molar-refractivity contribution in [2.75, 3.05) is 14.1 Å². The first kappa shape index (κ1) is 14.1. The number of allylic oxidation sites excluding steroid dienone is 1. The lowest BCUT2D eigenvalue weighted by molar-refractivity contribution is 0.777. The first-order valence-corrected chi connectivity index (χ1v) is 7.61. The Morgan fingerprint density at radius 1 is 1.53 bits per heavy atom. The van der Waals surface area contributed by atoms with E-state index in [-0.39, 0.29) is 0 Å². The molecule has 2 heterocycles. The maximum atomic E-state index is 4.51. The van der Waals surface area contributed by atoms with Crippen molar-refractivity contribution in [3.8, 4) is 0 Å². The molecule has 1 aromatic rings. The van der Waals surface area contributed by atoms with Crippen molar-refractivity contribution in [2.24, 2.45) is 4.99 Å². The third-order valence-electron chi connectivity index (χ3n) is 3.25. The number of fused-ring (bicyclic) bond motifs is 1. The van der Waals surface area contributed by atoms with Gasteiger partial charge in [-0.05, 0) is 24.5 Å². The first-order chi connectivity index (χ1) is 9.30. The summed E-state index contributed by atoms with van der Waals surface area (Å²) < 4.78 is 0. The van der Waals surface area contributed by atoms with Gasteiger partial charge in [0.25, 0.3) is 0 Å². The second kappa shape index (κ2) is 6.75. The molecule has 102 valence electrons. The minimum Gasteiger partial charge on any atom is -0.373 e. The van der Waals surface area contributed by atoms with Gasteiger partial charge in [-0.2, -0.15) is 0 Å². The molecule has 1 aliphatic rings. The highest BCUT2D eigenvalue weighted by molar-refractivity contribution is 8.04. The molecule has 1 aliphatic heterocycles. The number of likely N-dealkylation sites (N-methyl/N-ethyl adjacent to an activating group) is 1. The largest absolute Gasteiger partial charge is 0.373 e. The second-order valence-electron chi connectivity index (χ2n) is 4.55. The van der Waals surface area contributed by atoms with Crippen LogP contribution in [0.3, 0.4) is 0 Å². The number of amidine groups is 1. The Morgan fingerprint density at radius 3 is 3.05 bits per heavy atom. The van der Waals surface area contributed by atoms with Gasteiger partial charge in [-0.15, -0.1) is 0 Å². The van der Waals surface area contributed by atoms with Crippen LogP contribution in [0.1, 0.15) is 31.0 Å². The van der Waals surface area contributed by atoms with Crippen molar-refractivity contribution in [3.63, 3.8) is 0 Å². The van der Waals surface area contributed by atoms with Crippen LogP contribution in [-0.4, -0.2) is 24.9 Å². The Labute approximate surface area is 119 Å². The number of unbranched alkanes of at least 4 members (excludes halogenated alkanes) is 1. The monoisotopic (exact) mass is 275 g/mol. The van der Waals surface area contributed by atoms with Crippen LogP contribution in [0, 0.1) is 0 Å². The molecule has 1 N–H and O–H groups in total. The summed E-state index contributed by atoms with van der Waals surface area (Å²) in [5, 5.41) is 3.16. The fourth-order valence-electron chi connectivity index (χ4n) is 2.20. The number of aromatic nitrogens is 1. The fraction of sp³-hybridized carbons (Fsp3) is 0.467. The van der Waals surface area contributed by atoms with Crippen molar-refractivity contribution >= 4 is 17.6 Å². The third-order valence-corrected chi connectivity index (χ3v) is 4.53. The highest BCUT2D eigenvalue weighted by atomic mass is 32.2. The van der Waals surface area contributed by atoms with Gasteiger partial charge >= 0.3 is 0 Å². The van der Waals surface area contributed by atoms with Gasteiger partial charge in [0, 0.05) is 31.6 Å². The molecule has 0 aromatic carbocycles. The molecule has 19 heavy (non-hydrogen) atoms. The van der Waals surface area contributed by atoms with Crippen LogP contribution >= 0.6 is 11.8 Å². The molecule has 0 bridgehead atoms. The summed E-state index contributed by atoms with van der Waals surface area (Å²) in [5.41, 5.74) is 2.63. The molecule has 0 aliphatic carbocycles. The number of hydrogen-bond acceptors (Lipinski definition) is 3. The normalized spacial score (nSPS) is 14.9.